The van der Waals surface area contributed by atoms with E-state index in [1.807, 2.05) is 0 Å². The topological polar surface area (TPSA) is 96.6 Å². The van der Waals surface area contributed by atoms with Crippen LogP contribution in [0.4, 0.5) is 0 Å². The number of thioether (sulfide) groups is 1. The van der Waals surface area contributed by atoms with Gasteiger partial charge in [0.05, 0.1) is 12.7 Å². The van der Waals surface area contributed by atoms with Crippen molar-refractivity contribution in [3.8, 4) is 0 Å². The molecule has 0 radical (unpaired) electrons. The molecule has 0 fully saturated rings. The first-order valence-corrected chi connectivity index (χ1v) is 5.82. The highest BCUT2D eigenvalue weighted by Gasteiger charge is 2.23. The smallest absolute Gasteiger partial charge is 0.339 e. The summed E-state index contributed by atoms with van der Waals surface area (Å²) in [5, 5.41) is 15.8. The number of amidine groups is 1. The summed E-state index contributed by atoms with van der Waals surface area (Å²) in [5.41, 5.74) is -0.0960. The Labute approximate surface area is 101 Å². The van der Waals surface area contributed by atoms with Crippen molar-refractivity contribution in [3.05, 3.63) is 17.5 Å². The highest BCUT2D eigenvalue weighted by Crippen LogP contribution is 2.12. The van der Waals surface area contributed by atoms with Crippen LogP contribution in [0.2, 0.25) is 0 Å². The molecule has 2 rings (SSSR count). The van der Waals surface area contributed by atoms with Crippen LogP contribution in [0.25, 0.3) is 0 Å². The number of hydrogen-bond acceptors (Lipinski definition) is 5. The molecule has 0 saturated carbocycles. The van der Waals surface area contributed by atoms with Crippen LogP contribution in [-0.4, -0.2) is 44.2 Å². The van der Waals surface area contributed by atoms with Gasteiger partial charge in [0.2, 0.25) is 0 Å². The van der Waals surface area contributed by atoms with Crippen molar-refractivity contribution in [3.63, 3.8) is 0 Å². The molecule has 0 atom stereocenters. The number of aromatic nitrogens is 2. The van der Waals surface area contributed by atoms with E-state index in [1.165, 1.54) is 23.5 Å². The van der Waals surface area contributed by atoms with Crippen molar-refractivity contribution < 1.29 is 14.7 Å². The van der Waals surface area contributed by atoms with E-state index in [0.717, 1.165) is 11.9 Å². The predicted octanol–water partition coefficient (Wildman–Crippen LogP) is -0.0491. The third kappa shape index (κ3) is 2.31. The number of carboxylic acids is 1. The van der Waals surface area contributed by atoms with Crippen molar-refractivity contribution in [1.82, 2.24) is 15.1 Å². The monoisotopic (exact) mass is 254 g/mol. The maximum Gasteiger partial charge on any atom is 0.339 e. The summed E-state index contributed by atoms with van der Waals surface area (Å²) < 4.78 is 1.24. The van der Waals surface area contributed by atoms with Gasteiger partial charge in [-0.15, -0.1) is 0 Å². The van der Waals surface area contributed by atoms with Crippen LogP contribution in [0.15, 0.2) is 11.2 Å². The number of hydrogen-bond donors (Lipinski definition) is 2. The molecule has 2 heterocycles. The molecular formula is C9H10N4O3S. The van der Waals surface area contributed by atoms with Gasteiger partial charge in [0.25, 0.3) is 5.91 Å². The van der Waals surface area contributed by atoms with E-state index in [9.17, 15) is 9.59 Å². The van der Waals surface area contributed by atoms with E-state index < -0.39 is 11.9 Å². The Balaban J connectivity index is 2.23. The van der Waals surface area contributed by atoms with Crippen molar-refractivity contribution in [2.45, 2.75) is 0 Å². The van der Waals surface area contributed by atoms with Crippen LogP contribution in [0.3, 0.4) is 0 Å². The molecule has 0 bridgehead atoms. The molecular weight excluding hydrogens is 244 g/mol. The minimum atomic E-state index is -1.18. The highest BCUT2D eigenvalue weighted by molar-refractivity contribution is 8.14. The second-order valence-electron chi connectivity index (χ2n) is 3.33. The molecule has 1 aliphatic rings. The van der Waals surface area contributed by atoms with E-state index in [0.29, 0.717) is 11.7 Å². The van der Waals surface area contributed by atoms with E-state index in [-0.39, 0.29) is 11.3 Å². The number of amides is 1. The SMILES string of the molecule is Cn1ncc(C(=O)O)c1C(=O)NC1=NCCS1. The number of nitrogens with one attached hydrogen (secondary N) is 1. The molecule has 7 nitrogen and oxygen atoms in total. The van der Waals surface area contributed by atoms with Crippen LogP contribution in [0.5, 0.6) is 0 Å². The Morgan fingerprint density at radius 2 is 2.35 bits per heavy atom. The Morgan fingerprint density at radius 1 is 1.59 bits per heavy atom. The second kappa shape index (κ2) is 4.58. The van der Waals surface area contributed by atoms with Crippen molar-refractivity contribution in [1.29, 1.82) is 0 Å². The fourth-order valence-corrected chi connectivity index (χ4v) is 2.15. The summed E-state index contributed by atoms with van der Waals surface area (Å²) in [6.45, 7) is 0.664. The quantitative estimate of drug-likeness (QED) is 0.771. The van der Waals surface area contributed by atoms with E-state index in [1.54, 1.807) is 0 Å². The lowest BCUT2D eigenvalue weighted by Gasteiger charge is -2.05. The molecule has 0 unspecified atom stereocenters. The summed E-state index contributed by atoms with van der Waals surface area (Å²) in [6, 6.07) is 0. The summed E-state index contributed by atoms with van der Waals surface area (Å²) in [5.74, 6) is -0.855. The lowest BCUT2D eigenvalue weighted by atomic mass is 10.2. The molecule has 90 valence electrons. The summed E-state index contributed by atoms with van der Waals surface area (Å²) in [6.07, 6.45) is 1.15. The molecule has 2 N–H and O–H groups in total. The third-order valence-electron chi connectivity index (χ3n) is 2.19. The molecule has 0 aromatic carbocycles. The predicted molar refractivity (Wildman–Crippen MR) is 62.4 cm³/mol. The Morgan fingerprint density at radius 3 is 2.94 bits per heavy atom. The zero-order valence-corrected chi connectivity index (χ0v) is 9.82. The number of aryl methyl sites for hydroxylation is 1. The van der Waals surface area contributed by atoms with E-state index in [2.05, 4.69) is 15.4 Å². The van der Waals surface area contributed by atoms with Gasteiger partial charge in [-0.1, -0.05) is 11.8 Å². The summed E-state index contributed by atoms with van der Waals surface area (Å²) in [4.78, 5) is 26.8. The van der Waals surface area contributed by atoms with Gasteiger partial charge in [0.1, 0.15) is 11.3 Å². The van der Waals surface area contributed by atoms with Gasteiger partial charge in [-0.05, 0) is 0 Å². The standard InChI is InChI=1S/C9H10N4O3S/c1-13-6(5(4-11-13)8(15)16)7(14)12-9-10-2-3-17-9/h4H,2-3H2,1H3,(H,15,16)(H,10,12,14). The maximum atomic E-state index is 11.9. The molecule has 0 spiro atoms. The lowest BCUT2D eigenvalue weighted by molar-refractivity contribution is 0.0691. The van der Waals surface area contributed by atoms with Crippen LogP contribution >= 0.6 is 11.8 Å². The first-order chi connectivity index (χ1) is 8.09. The Hall–Kier alpha value is -1.83. The lowest BCUT2D eigenvalue weighted by Crippen LogP contribution is -2.30. The average Bonchev–Trinajstić information content (AvgIpc) is 2.86. The summed E-state index contributed by atoms with van der Waals surface area (Å²) >= 11 is 1.43. The third-order valence-corrected chi connectivity index (χ3v) is 3.08. The number of rotatable bonds is 2. The molecule has 0 saturated heterocycles. The fourth-order valence-electron chi connectivity index (χ4n) is 1.43. The molecule has 8 heteroatoms. The van der Waals surface area contributed by atoms with Gasteiger partial charge in [-0.25, -0.2) is 4.79 Å². The number of aliphatic imine (C=N–C) groups is 1. The number of nitrogens with zero attached hydrogens (tertiary/aromatic N) is 3. The molecule has 17 heavy (non-hydrogen) atoms. The van der Waals surface area contributed by atoms with Gasteiger partial charge in [0, 0.05) is 12.8 Å². The van der Waals surface area contributed by atoms with Crippen LogP contribution in [0, 0.1) is 0 Å². The Kier molecular flexibility index (Phi) is 3.14. The van der Waals surface area contributed by atoms with E-state index in [4.69, 9.17) is 5.11 Å². The molecule has 1 aromatic heterocycles. The van der Waals surface area contributed by atoms with Gasteiger partial charge in [-0.2, -0.15) is 5.10 Å². The normalized spacial score (nSPS) is 14.5. The van der Waals surface area contributed by atoms with Crippen molar-refractivity contribution in [2.24, 2.45) is 12.0 Å². The zero-order valence-electron chi connectivity index (χ0n) is 9.01. The summed E-state index contributed by atoms with van der Waals surface area (Å²) in [7, 11) is 1.52. The minimum Gasteiger partial charge on any atom is -0.478 e. The number of carbonyl (C=O) groups excluding carboxylic acids is 1. The zero-order chi connectivity index (χ0) is 12.4. The first kappa shape index (κ1) is 11.6. The number of carboxylic acid groups (broad SMARTS) is 1. The van der Waals surface area contributed by atoms with Gasteiger partial charge < -0.3 is 5.11 Å². The van der Waals surface area contributed by atoms with Crippen LogP contribution < -0.4 is 5.32 Å². The average molecular weight is 254 g/mol. The van der Waals surface area contributed by atoms with Gasteiger partial charge in [-0.3, -0.25) is 19.8 Å². The minimum absolute atomic E-state index is 0.0210. The molecule has 1 aliphatic heterocycles. The molecule has 1 aromatic rings. The van der Waals surface area contributed by atoms with Crippen molar-refractivity contribution >= 4 is 28.8 Å². The Bertz CT molecular complexity index is 508. The highest BCUT2D eigenvalue weighted by atomic mass is 32.2. The number of carbonyl (C=O) groups is 2. The molecule has 1 amide bonds. The van der Waals surface area contributed by atoms with Gasteiger partial charge in [0.15, 0.2) is 5.17 Å². The van der Waals surface area contributed by atoms with E-state index >= 15 is 0 Å². The first-order valence-electron chi connectivity index (χ1n) is 4.83. The number of aromatic carboxylic acids is 1. The molecule has 0 aliphatic carbocycles. The van der Waals surface area contributed by atoms with Gasteiger partial charge >= 0.3 is 5.97 Å². The largest absolute Gasteiger partial charge is 0.478 e. The maximum absolute atomic E-state index is 11.9. The van der Waals surface area contributed by atoms with Crippen LogP contribution in [-0.2, 0) is 7.05 Å². The fraction of sp³-hybridized carbons (Fsp3) is 0.333. The van der Waals surface area contributed by atoms with Crippen LogP contribution in [0.1, 0.15) is 20.8 Å². The van der Waals surface area contributed by atoms with Crippen molar-refractivity contribution in [2.75, 3.05) is 12.3 Å². The second-order valence-corrected chi connectivity index (χ2v) is 4.41.